The number of carbonyl (C=O) groups is 2. The minimum atomic E-state index is -3.87. The van der Waals surface area contributed by atoms with Crippen molar-refractivity contribution in [2.45, 2.75) is 46.3 Å². The number of nitrogens with one attached hydrogen (secondary N) is 1. The van der Waals surface area contributed by atoms with Crippen LogP contribution in [0.1, 0.15) is 37.7 Å². The molecule has 2 aliphatic rings. The maximum absolute atomic E-state index is 13.6. The molecule has 1 N–H and O–H groups in total. The molecule has 1 aliphatic heterocycles. The first kappa shape index (κ1) is 24.7. The van der Waals surface area contributed by atoms with Gasteiger partial charge in [-0.05, 0) is 52.0 Å². The van der Waals surface area contributed by atoms with Crippen LogP contribution in [0.15, 0.2) is 41.6 Å². The molecule has 12 heteroatoms. The van der Waals surface area contributed by atoms with Crippen LogP contribution in [-0.2, 0) is 42.0 Å². The molecule has 2 aromatic heterocycles. The second-order valence-corrected chi connectivity index (χ2v) is 11.6. The number of sulfonamides is 1. The fourth-order valence-corrected chi connectivity index (χ4v) is 5.69. The molecule has 3 heterocycles. The summed E-state index contributed by atoms with van der Waals surface area (Å²) in [5.74, 6) is -1.42. The number of imide groups is 1. The number of carbonyl (C=O) groups excluding carboxylic acids is 2. The Labute approximate surface area is 204 Å². The Morgan fingerprint density at radius 3 is 2.46 bits per heavy atom. The molecule has 2 aromatic rings. The van der Waals surface area contributed by atoms with Gasteiger partial charge in [0.2, 0.25) is 10.0 Å². The zero-order valence-corrected chi connectivity index (χ0v) is 21.5. The van der Waals surface area contributed by atoms with Crippen LogP contribution in [0, 0.1) is 12.8 Å². The zero-order chi connectivity index (χ0) is 25.7. The predicted molar refractivity (Wildman–Crippen MR) is 129 cm³/mol. The third-order valence-electron chi connectivity index (χ3n) is 5.64. The summed E-state index contributed by atoms with van der Waals surface area (Å²) in [5.41, 5.74) is 2.00. The minimum Gasteiger partial charge on any atom is -0.275 e. The lowest BCUT2D eigenvalue weighted by Crippen LogP contribution is -2.54. The van der Waals surface area contributed by atoms with Gasteiger partial charge in [0.05, 0.1) is 22.5 Å². The van der Waals surface area contributed by atoms with Crippen LogP contribution < -0.4 is 4.72 Å². The summed E-state index contributed by atoms with van der Waals surface area (Å²) >= 11 is 0. The molecule has 4 rings (SSSR count). The highest BCUT2D eigenvalue weighted by Crippen LogP contribution is 2.27. The van der Waals surface area contributed by atoms with Crippen molar-refractivity contribution in [1.29, 1.82) is 0 Å². The van der Waals surface area contributed by atoms with Gasteiger partial charge in [-0.1, -0.05) is 0 Å². The fourth-order valence-electron chi connectivity index (χ4n) is 4.21. The molecule has 11 nitrogen and oxygen atoms in total. The van der Waals surface area contributed by atoms with Crippen LogP contribution in [0.3, 0.4) is 0 Å². The number of amides is 3. The van der Waals surface area contributed by atoms with E-state index >= 15 is 0 Å². The van der Waals surface area contributed by atoms with Crippen LogP contribution >= 0.6 is 0 Å². The van der Waals surface area contributed by atoms with E-state index in [1.54, 1.807) is 62.7 Å². The molecule has 0 saturated carbocycles. The quantitative estimate of drug-likeness (QED) is 0.598. The third-order valence-corrected chi connectivity index (χ3v) is 7.42. The summed E-state index contributed by atoms with van der Waals surface area (Å²) in [5, 5.41) is 8.47. The summed E-state index contributed by atoms with van der Waals surface area (Å²) in [6, 6.07) is 1.39. The van der Waals surface area contributed by atoms with Gasteiger partial charge in [0, 0.05) is 31.4 Å². The number of fused-ring (bicyclic) bond motifs is 1. The summed E-state index contributed by atoms with van der Waals surface area (Å²) in [6.07, 6.45) is 7.71. The second kappa shape index (κ2) is 8.68. The Balaban J connectivity index is 1.79. The lowest BCUT2D eigenvalue weighted by Gasteiger charge is -2.28. The first-order valence-electron chi connectivity index (χ1n) is 11.2. The first-order chi connectivity index (χ1) is 16.2. The van der Waals surface area contributed by atoms with E-state index in [1.165, 1.54) is 16.7 Å². The van der Waals surface area contributed by atoms with Crippen molar-refractivity contribution in [3.63, 3.8) is 0 Å². The topological polar surface area (TPSA) is 122 Å². The highest BCUT2D eigenvalue weighted by atomic mass is 32.2. The van der Waals surface area contributed by atoms with E-state index in [-0.39, 0.29) is 18.0 Å². The molecule has 186 valence electrons. The van der Waals surface area contributed by atoms with Crippen molar-refractivity contribution in [3.8, 4) is 0 Å². The molecular formula is C23H30N7O4S+. The van der Waals surface area contributed by atoms with E-state index in [9.17, 15) is 18.0 Å². The zero-order valence-electron chi connectivity index (χ0n) is 20.7. The van der Waals surface area contributed by atoms with Crippen LogP contribution in [0.4, 0.5) is 4.79 Å². The number of hydrogen-bond donors (Lipinski definition) is 1. The van der Waals surface area contributed by atoms with Crippen LogP contribution in [0.25, 0.3) is 0 Å². The first-order valence-corrected chi connectivity index (χ1v) is 12.6. The smallest absolute Gasteiger partial charge is 0.275 e. The second-order valence-electron chi connectivity index (χ2n) is 9.88. The number of aryl methyl sites for hydroxylation is 3. The van der Waals surface area contributed by atoms with Crippen molar-refractivity contribution in [2.75, 3.05) is 0 Å². The van der Waals surface area contributed by atoms with Crippen LogP contribution in [0.5, 0.6) is 0 Å². The highest BCUT2D eigenvalue weighted by molar-refractivity contribution is 7.93. The number of aromatic nitrogens is 4. The van der Waals surface area contributed by atoms with Crippen molar-refractivity contribution in [3.05, 3.63) is 58.5 Å². The van der Waals surface area contributed by atoms with Crippen molar-refractivity contribution in [1.82, 2.24) is 29.2 Å². The van der Waals surface area contributed by atoms with Crippen LogP contribution in [0.2, 0.25) is 0 Å². The molecule has 0 saturated heterocycles. The van der Waals surface area contributed by atoms with Crippen molar-refractivity contribution in [2.24, 2.45) is 20.0 Å². The molecular weight excluding hydrogens is 470 g/mol. The number of hydrogen-bond acceptors (Lipinski definition) is 6. The molecule has 0 fully saturated rings. The van der Waals surface area contributed by atoms with E-state index in [1.807, 2.05) is 13.0 Å². The molecule has 1 unspecified atom stereocenters. The number of rotatable bonds is 6. The van der Waals surface area contributed by atoms with Crippen molar-refractivity contribution >= 4 is 27.7 Å². The molecule has 1 aliphatic carbocycles. The molecule has 3 amide bonds. The Hall–Kier alpha value is -3.38. The van der Waals surface area contributed by atoms with Gasteiger partial charge in [-0.2, -0.15) is 24.5 Å². The average molecular weight is 501 g/mol. The van der Waals surface area contributed by atoms with E-state index in [4.69, 9.17) is 0 Å². The predicted octanol–water partition coefficient (Wildman–Crippen LogP) is 1.37. The lowest BCUT2D eigenvalue weighted by molar-refractivity contribution is -0.457. The summed E-state index contributed by atoms with van der Waals surface area (Å²) < 4.78 is 33.3. The SMILES string of the molecule is Cc1cc(C[N+]2=C3C=CC(S(=O)(=O)NC(C)(C)C)=CC3C(=O)N(Cc3cnn(C)c3)C2=O)n(C)n1. The largest absolute Gasteiger partial charge is 0.501 e. The molecule has 0 aromatic carbocycles. The molecule has 0 spiro atoms. The van der Waals surface area contributed by atoms with Gasteiger partial charge in [0.25, 0.3) is 0 Å². The van der Waals surface area contributed by atoms with E-state index < -0.39 is 33.4 Å². The molecule has 35 heavy (non-hydrogen) atoms. The van der Waals surface area contributed by atoms with Crippen LogP contribution in [-0.4, -0.2) is 60.6 Å². The van der Waals surface area contributed by atoms with Gasteiger partial charge in [-0.3, -0.25) is 9.36 Å². The van der Waals surface area contributed by atoms with Gasteiger partial charge in [-0.15, -0.1) is 0 Å². The molecule has 1 atom stereocenters. The Morgan fingerprint density at radius 2 is 1.89 bits per heavy atom. The molecule has 0 bridgehead atoms. The average Bonchev–Trinajstić information content (AvgIpc) is 3.29. The Kier molecular flexibility index (Phi) is 6.14. The summed E-state index contributed by atoms with van der Waals surface area (Å²) in [6.45, 7) is 7.29. The summed E-state index contributed by atoms with van der Waals surface area (Å²) in [7, 11) is -0.333. The van der Waals surface area contributed by atoms with E-state index in [0.29, 0.717) is 11.3 Å². The van der Waals surface area contributed by atoms with Gasteiger partial charge in [0.1, 0.15) is 24.7 Å². The number of allylic oxidation sites excluding steroid dienone is 2. The van der Waals surface area contributed by atoms with E-state index in [2.05, 4.69) is 14.9 Å². The van der Waals surface area contributed by atoms with Gasteiger partial charge in [0.15, 0.2) is 0 Å². The standard InChI is InChI=1S/C23H30N7O4S/c1-15-9-17(28(6)25-15)14-29-20-8-7-18(35(33,34)26-23(2,3)4)10-19(20)21(31)30(22(29)32)13-16-11-24-27(5)12-16/h7-12,19,26H,13-14H2,1-6H3/q+1. The Bertz CT molecular complexity index is 1400. The van der Waals surface area contributed by atoms with Gasteiger partial charge >= 0.3 is 11.9 Å². The van der Waals surface area contributed by atoms with Crippen molar-refractivity contribution < 1.29 is 22.6 Å². The maximum atomic E-state index is 13.6. The Morgan fingerprint density at radius 1 is 1.17 bits per heavy atom. The highest BCUT2D eigenvalue weighted by Gasteiger charge is 2.48. The third kappa shape index (κ3) is 5.03. The number of nitrogens with zero attached hydrogens (tertiary/aromatic N) is 6. The fraction of sp³-hybridized carbons (Fsp3) is 0.435. The summed E-state index contributed by atoms with van der Waals surface area (Å²) in [4.78, 5) is 28.2. The van der Waals surface area contributed by atoms with E-state index in [0.717, 1.165) is 16.3 Å². The monoisotopic (exact) mass is 500 g/mol. The lowest BCUT2D eigenvalue weighted by atomic mass is 9.94. The normalized spacial score (nSPS) is 18.9. The van der Waals surface area contributed by atoms with Gasteiger partial charge in [-0.25, -0.2) is 17.9 Å². The molecule has 0 radical (unpaired) electrons. The van der Waals surface area contributed by atoms with Gasteiger partial charge < -0.3 is 0 Å². The minimum absolute atomic E-state index is 0.0125. The maximum Gasteiger partial charge on any atom is 0.501 e. The number of urea groups is 1.